The molecule has 0 unspecified atom stereocenters. The van der Waals surface area contributed by atoms with Gasteiger partial charge in [0.2, 0.25) is 0 Å². The molecule has 2 saturated carbocycles. The van der Waals surface area contributed by atoms with Gasteiger partial charge in [-0.1, -0.05) is 12.0 Å². The third-order valence-corrected chi connectivity index (χ3v) is 3.43. The molecule has 0 bridgehead atoms. The maximum Gasteiger partial charge on any atom is 0.0911 e. The van der Waals surface area contributed by atoms with Crippen molar-refractivity contribution >= 4 is 0 Å². The van der Waals surface area contributed by atoms with Crippen LogP contribution in [-0.2, 0) is 0 Å². The third-order valence-electron chi connectivity index (χ3n) is 3.43. The van der Waals surface area contributed by atoms with Crippen LogP contribution < -0.4 is 0 Å². The lowest BCUT2D eigenvalue weighted by Crippen LogP contribution is -2.15. The highest BCUT2D eigenvalue weighted by Crippen LogP contribution is 2.44. The number of allylic oxidation sites excluding steroid dienone is 2. The maximum atomic E-state index is 8.61. The lowest BCUT2D eigenvalue weighted by atomic mass is 9.78. The van der Waals surface area contributed by atoms with E-state index in [4.69, 9.17) is 5.26 Å². The molecule has 12 heavy (non-hydrogen) atoms. The average molecular weight is 161 g/mol. The summed E-state index contributed by atoms with van der Waals surface area (Å²) in [5.41, 5.74) is 1.45. The second-order valence-corrected chi connectivity index (χ2v) is 4.04. The van der Waals surface area contributed by atoms with Crippen molar-refractivity contribution in [2.75, 3.05) is 0 Å². The Hall–Kier alpha value is -0.770. The van der Waals surface area contributed by atoms with E-state index in [0.29, 0.717) is 0 Å². The zero-order valence-electron chi connectivity index (χ0n) is 7.42. The minimum absolute atomic E-state index is 0.790. The molecule has 0 amide bonds. The second kappa shape index (κ2) is 3.31. The zero-order chi connectivity index (χ0) is 8.39. The fourth-order valence-corrected chi connectivity index (χ4v) is 2.89. The molecule has 64 valence electrons. The molecule has 0 aromatic heterocycles. The van der Waals surface area contributed by atoms with Crippen LogP contribution in [0, 0.1) is 23.2 Å². The number of hydrogen-bond donors (Lipinski definition) is 0. The van der Waals surface area contributed by atoms with Crippen molar-refractivity contribution in [3.63, 3.8) is 0 Å². The fraction of sp³-hybridized carbons (Fsp3) is 0.727. The Morgan fingerprint density at radius 1 is 1.25 bits per heavy atom. The third kappa shape index (κ3) is 1.27. The van der Waals surface area contributed by atoms with Crippen molar-refractivity contribution in [1.29, 1.82) is 5.26 Å². The lowest BCUT2D eigenvalue weighted by molar-refractivity contribution is 0.349. The molecular formula is C11H15N. The SMILES string of the molecule is N#C/C=C1\CCC[C@@H]2CCC[C@@H]12. The van der Waals surface area contributed by atoms with Crippen molar-refractivity contribution < 1.29 is 0 Å². The molecule has 2 atom stereocenters. The number of fused-ring (bicyclic) bond motifs is 1. The van der Waals surface area contributed by atoms with Crippen molar-refractivity contribution in [3.05, 3.63) is 11.6 Å². The highest BCUT2D eigenvalue weighted by Gasteiger charge is 2.32. The first-order valence-electron chi connectivity index (χ1n) is 5.00. The van der Waals surface area contributed by atoms with E-state index in [1.54, 1.807) is 0 Å². The van der Waals surface area contributed by atoms with Gasteiger partial charge in [0.15, 0.2) is 0 Å². The van der Waals surface area contributed by atoms with Gasteiger partial charge in [-0.2, -0.15) is 5.26 Å². The Morgan fingerprint density at radius 2 is 2.08 bits per heavy atom. The first kappa shape index (κ1) is 7.86. The fourth-order valence-electron chi connectivity index (χ4n) is 2.89. The summed E-state index contributed by atoms with van der Waals surface area (Å²) in [6, 6.07) is 2.19. The molecule has 0 saturated heterocycles. The van der Waals surface area contributed by atoms with E-state index in [9.17, 15) is 0 Å². The minimum Gasteiger partial charge on any atom is -0.193 e. The van der Waals surface area contributed by atoms with Gasteiger partial charge in [-0.15, -0.1) is 0 Å². The Balaban J connectivity index is 2.15. The molecule has 2 aliphatic rings. The van der Waals surface area contributed by atoms with Gasteiger partial charge in [-0.25, -0.2) is 0 Å². The number of rotatable bonds is 0. The molecule has 0 aliphatic heterocycles. The van der Waals surface area contributed by atoms with E-state index >= 15 is 0 Å². The van der Waals surface area contributed by atoms with E-state index in [1.807, 2.05) is 6.08 Å². The van der Waals surface area contributed by atoms with E-state index in [-0.39, 0.29) is 0 Å². The number of nitriles is 1. The molecule has 2 rings (SSSR count). The van der Waals surface area contributed by atoms with Crippen LogP contribution in [0.2, 0.25) is 0 Å². The standard InChI is InChI=1S/C11H15N/c12-8-7-10-4-1-3-9-5-2-6-11(9)10/h7,9,11H,1-6H2/b10-7+/t9-,11-/m1/s1. The van der Waals surface area contributed by atoms with Crippen molar-refractivity contribution in [2.45, 2.75) is 38.5 Å². The van der Waals surface area contributed by atoms with Crippen LogP contribution in [0.25, 0.3) is 0 Å². The van der Waals surface area contributed by atoms with Gasteiger partial charge in [0.25, 0.3) is 0 Å². The van der Waals surface area contributed by atoms with Gasteiger partial charge in [-0.05, 0) is 43.9 Å². The molecule has 0 N–H and O–H groups in total. The van der Waals surface area contributed by atoms with Crippen molar-refractivity contribution in [2.24, 2.45) is 11.8 Å². The highest BCUT2D eigenvalue weighted by atomic mass is 14.4. The molecule has 1 nitrogen and oxygen atoms in total. The lowest BCUT2D eigenvalue weighted by Gasteiger charge is -2.27. The summed E-state index contributed by atoms with van der Waals surface area (Å²) >= 11 is 0. The Kier molecular flexibility index (Phi) is 2.17. The molecule has 0 aromatic carbocycles. The molecular weight excluding hydrogens is 146 g/mol. The smallest absolute Gasteiger partial charge is 0.0911 e. The van der Waals surface area contributed by atoms with E-state index < -0.39 is 0 Å². The van der Waals surface area contributed by atoms with Crippen LogP contribution in [0.4, 0.5) is 0 Å². The van der Waals surface area contributed by atoms with Crippen LogP contribution in [-0.4, -0.2) is 0 Å². The largest absolute Gasteiger partial charge is 0.193 e. The Labute approximate surface area is 74.1 Å². The first-order chi connectivity index (χ1) is 5.92. The summed E-state index contributed by atoms with van der Waals surface area (Å²) in [7, 11) is 0. The molecule has 0 aromatic rings. The number of hydrogen-bond acceptors (Lipinski definition) is 1. The Bertz CT molecular complexity index is 234. The van der Waals surface area contributed by atoms with Crippen LogP contribution in [0.5, 0.6) is 0 Å². The van der Waals surface area contributed by atoms with Crippen molar-refractivity contribution in [3.8, 4) is 6.07 Å². The molecule has 0 heterocycles. The second-order valence-electron chi connectivity index (χ2n) is 4.04. The van der Waals surface area contributed by atoms with Gasteiger partial charge in [0.1, 0.15) is 0 Å². The normalized spacial score (nSPS) is 37.8. The van der Waals surface area contributed by atoms with Crippen LogP contribution in [0.1, 0.15) is 38.5 Å². The molecule has 2 fully saturated rings. The van der Waals surface area contributed by atoms with Crippen LogP contribution in [0.3, 0.4) is 0 Å². The van der Waals surface area contributed by atoms with Crippen LogP contribution >= 0.6 is 0 Å². The first-order valence-corrected chi connectivity index (χ1v) is 5.00. The highest BCUT2D eigenvalue weighted by molar-refractivity contribution is 5.19. The Morgan fingerprint density at radius 3 is 2.92 bits per heavy atom. The van der Waals surface area contributed by atoms with Crippen LogP contribution in [0.15, 0.2) is 11.6 Å². The number of nitrogens with zero attached hydrogens (tertiary/aromatic N) is 1. The topological polar surface area (TPSA) is 23.8 Å². The molecule has 2 aliphatic carbocycles. The summed E-state index contributed by atoms with van der Waals surface area (Å²) < 4.78 is 0. The van der Waals surface area contributed by atoms with Gasteiger partial charge in [0.05, 0.1) is 6.07 Å². The van der Waals surface area contributed by atoms with E-state index in [1.165, 1.54) is 44.1 Å². The molecule has 0 radical (unpaired) electrons. The van der Waals surface area contributed by atoms with Crippen molar-refractivity contribution in [1.82, 2.24) is 0 Å². The predicted molar refractivity (Wildman–Crippen MR) is 48.4 cm³/mol. The summed E-state index contributed by atoms with van der Waals surface area (Å²) in [5, 5.41) is 8.61. The van der Waals surface area contributed by atoms with E-state index in [0.717, 1.165) is 11.8 Å². The maximum absolute atomic E-state index is 8.61. The quantitative estimate of drug-likeness (QED) is 0.501. The predicted octanol–water partition coefficient (Wildman–Crippen LogP) is 3.04. The molecule has 0 spiro atoms. The molecule has 1 heteroatoms. The summed E-state index contributed by atoms with van der Waals surface area (Å²) in [6.45, 7) is 0. The van der Waals surface area contributed by atoms with E-state index in [2.05, 4.69) is 6.07 Å². The van der Waals surface area contributed by atoms with Gasteiger partial charge < -0.3 is 0 Å². The minimum atomic E-state index is 0.790. The summed E-state index contributed by atoms with van der Waals surface area (Å²) in [4.78, 5) is 0. The average Bonchev–Trinajstić information content (AvgIpc) is 2.53. The summed E-state index contributed by atoms with van der Waals surface area (Å²) in [6.07, 6.45) is 9.86. The van der Waals surface area contributed by atoms with Gasteiger partial charge in [0, 0.05) is 6.08 Å². The van der Waals surface area contributed by atoms with Gasteiger partial charge in [-0.3, -0.25) is 0 Å². The monoisotopic (exact) mass is 161 g/mol. The van der Waals surface area contributed by atoms with Gasteiger partial charge >= 0.3 is 0 Å². The zero-order valence-corrected chi connectivity index (χ0v) is 7.42. The summed E-state index contributed by atoms with van der Waals surface area (Å²) in [5.74, 6) is 1.72.